The first-order valence-electron chi connectivity index (χ1n) is 4.71. The summed E-state index contributed by atoms with van der Waals surface area (Å²) in [6, 6.07) is 0. The number of hydrogen-bond donors (Lipinski definition) is 1. The zero-order valence-electron chi connectivity index (χ0n) is 8.74. The highest BCUT2D eigenvalue weighted by Gasteiger charge is 2.37. The maximum absolute atomic E-state index is 10.0. The van der Waals surface area contributed by atoms with E-state index in [0.717, 1.165) is 5.57 Å². The van der Waals surface area contributed by atoms with Gasteiger partial charge in [0, 0.05) is 13.0 Å². The topological polar surface area (TPSA) is 38.7 Å². The Hall–Kier alpha value is 0.350. The Morgan fingerprint density at radius 3 is 2.79 bits per heavy atom. The fourth-order valence-electron chi connectivity index (χ4n) is 1.79. The van der Waals surface area contributed by atoms with Crippen molar-refractivity contribution in [1.29, 1.82) is 0 Å². The number of aliphatic hydroxyl groups is 1. The number of hydrogen-bond acceptors (Lipinski definition) is 3. The largest absolute Gasteiger partial charge is 0.387 e. The second-order valence-electron chi connectivity index (χ2n) is 3.78. The maximum atomic E-state index is 10.0. The van der Waals surface area contributed by atoms with Gasteiger partial charge >= 0.3 is 0 Å². The summed E-state index contributed by atoms with van der Waals surface area (Å²) in [6.07, 6.45) is -0.900. The summed E-state index contributed by atoms with van der Waals surface area (Å²) in [5.74, 6) is 0.244. The second kappa shape index (κ2) is 5.44. The first kappa shape index (κ1) is 12.4. The molecule has 0 radical (unpaired) electrons. The van der Waals surface area contributed by atoms with Crippen LogP contribution in [0.2, 0.25) is 0 Å². The van der Waals surface area contributed by atoms with Crippen LogP contribution in [0.25, 0.3) is 0 Å². The summed E-state index contributed by atoms with van der Waals surface area (Å²) in [5, 5.41) is 10.0. The van der Waals surface area contributed by atoms with Gasteiger partial charge in [-0.25, -0.2) is 0 Å². The molecule has 1 saturated heterocycles. The lowest BCUT2D eigenvalue weighted by Gasteiger charge is -2.38. The molecule has 0 unspecified atom stereocenters. The molecule has 82 valence electrons. The van der Waals surface area contributed by atoms with Crippen molar-refractivity contribution in [3.8, 4) is 0 Å². The SMILES string of the molecule is CO[C@@H]1[C@@H](O)[C@@H](/C(C)=C/I)OC[C@@H]1C. The molecule has 0 aliphatic carbocycles. The second-order valence-corrected chi connectivity index (χ2v) is 4.40. The van der Waals surface area contributed by atoms with Gasteiger partial charge in [-0.1, -0.05) is 29.5 Å². The van der Waals surface area contributed by atoms with Gasteiger partial charge < -0.3 is 14.6 Å². The van der Waals surface area contributed by atoms with Crippen molar-refractivity contribution >= 4 is 22.6 Å². The molecular formula is C10H17IO3. The number of halogens is 1. The van der Waals surface area contributed by atoms with E-state index >= 15 is 0 Å². The van der Waals surface area contributed by atoms with Crippen LogP contribution in [0.1, 0.15) is 13.8 Å². The smallest absolute Gasteiger partial charge is 0.110 e. The standard InChI is InChI=1S/C10H17IO3/c1-6(4-11)10-8(12)9(13-3)7(2)5-14-10/h4,7-10,12H,5H2,1-3H3/b6-4+/t7-,8+,9-,10+/m0/s1. The van der Waals surface area contributed by atoms with Crippen molar-refractivity contribution < 1.29 is 14.6 Å². The van der Waals surface area contributed by atoms with Crippen molar-refractivity contribution in [2.75, 3.05) is 13.7 Å². The molecule has 1 heterocycles. The molecule has 0 saturated carbocycles. The van der Waals surface area contributed by atoms with E-state index in [2.05, 4.69) is 22.6 Å². The Labute approximate surface area is 98.6 Å². The zero-order valence-corrected chi connectivity index (χ0v) is 10.9. The molecule has 1 fully saturated rings. The molecule has 0 bridgehead atoms. The minimum absolute atomic E-state index is 0.125. The van der Waals surface area contributed by atoms with Crippen molar-refractivity contribution in [3.63, 3.8) is 0 Å². The highest BCUT2D eigenvalue weighted by molar-refractivity contribution is 14.1. The molecule has 1 aliphatic rings. The monoisotopic (exact) mass is 312 g/mol. The van der Waals surface area contributed by atoms with Crippen molar-refractivity contribution in [2.45, 2.75) is 32.2 Å². The van der Waals surface area contributed by atoms with E-state index in [0.29, 0.717) is 6.61 Å². The van der Waals surface area contributed by atoms with Crippen molar-refractivity contribution in [3.05, 3.63) is 9.66 Å². The Kier molecular flexibility index (Phi) is 4.82. The molecule has 0 aromatic carbocycles. The van der Waals surface area contributed by atoms with E-state index in [1.165, 1.54) is 0 Å². The molecule has 4 atom stereocenters. The van der Waals surface area contributed by atoms with Crippen LogP contribution in [0, 0.1) is 5.92 Å². The Morgan fingerprint density at radius 1 is 1.64 bits per heavy atom. The number of ether oxygens (including phenoxy) is 2. The summed E-state index contributed by atoms with van der Waals surface area (Å²) >= 11 is 2.16. The maximum Gasteiger partial charge on any atom is 0.110 e. The van der Waals surface area contributed by atoms with Gasteiger partial charge in [0.2, 0.25) is 0 Å². The van der Waals surface area contributed by atoms with Crippen molar-refractivity contribution in [1.82, 2.24) is 0 Å². The zero-order chi connectivity index (χ0) is 10.7. The van der Waals surface area contributed by atoms with Gasteiger partial charge in [-0.05, 0) is 16.6 Å². The fraction of sp³-hybridized carbons (Fsp3) is 0.800. The van der Waals surface area contributed by atoms with E-state index in [1.807, 2.05) is 17.9 Å². The summed E-state index contributed by atoms with van der Waals surface area (Å²) in [5.41, 5.74) is 1.05. The third-order valence-electron chi connectivity index (χ3n) is 2.64. The average Bonchev–Trinajstić information content (AvgIpc) is 2.18. The Bertz CT molecular complexity index is 217. The molecule has 4 heteroatoms. The molecule has 0 amide bonds. The number of methoxy groups -OCH3 is 1. The summed E-state index contributed by atoms with van der Waals surface area (Å²) < 4.78 is 12.8. The van der Waals surface area contributed by atoms with E-state index in [4.69, 9.17) is 9.47 Å². The lowest BCUT2D eigenvalue weighted by molar-refractivity contribution is -0.158. The van der Waals surface area contributed by atoms with Gasteiger partial charge in [-0.15, -0.1) is 0 Å². The lowest BCUT2D eigenvalue weighted by atomic mass is 9.91. The Balaban J connectivity index is 2.73. The van der Waals surface area contributed by atoms with Gasteiger partial charge in [-0.2, -0.15) is 0 Å². The first-order valence-corrected chi connectivity index (χ1v) is 5.95. The minimum Gasteiger partial charge on any atom is -0.387 e. The number of rotatable bonds is 2. The molecular weight excluding hydrogens is 295 g/mol. The minimum atomic E-state index is -0.560. The third kappa shape index (κ3) is 2.48. The van der Waals surface area contributed by atoms with Crippen LogP contribution in [-0.2, 0) is 9.47 Å². The quantitative estimate of drug-likeness (QED) is 0.790. The predicted octanol–water partition coefficient (Wildman–Crippen LogP) is 1.74. The van der Waals surface area contributed by atoms with Gasteiger partial charge in [0.05, 0.1) is 12.7 Å². The van der Waals surface area contributed by atoms with Crippen LogP contribution in [0.4, 0.5) is 0 Å². The highest BCUT2D eigenvalue weighted by Crippen LogP contribution is 2.26. The predicted molar refractivity (Wildman–Crippen MR) is 63.5 cm³/mol. The van der Waals surface area contributed by atoms with Gasteiger partial charge in [0.25, 0.3) is 0 Å². The van der Waals surface area contributed by atoms with Crippen LogP contribution in [0.15, 0.2) is 9.66 Å². The number of aliphatic hydroxyl groups excluding tert-OH is 1. The van der Waals surface area contributed by atoms with Crippen LogP contribution in [-0.4, -0.2) is 37.1 Å². The summed E-state index contributed by atoms with van der Waals surface area (Å²) in [6.45, 7) is 4.63. The lowest BCUT2D eigenvalue weighted by Crippen LogP contribution is -2.50. The molecule has 0 aromatic heterocycles. The van der Waals surface area contributed by atoms with Crippen LogP contribution in [0.3, 0.4) is 0 Å². The van der Waals surface area contributed by atoms with Gasteiger partial charge in [0.15, 0.2) is 0 Å². The van der Waals surface area contributed by atoms with Crippen LogP contribution in [0.5, 0.6) is 0 Å². The molecule has 1 rings (SSSR count). The van der Waals surface area contributed by atoms with Crippen LogP contribution >= 0.6 is 22.6 Å². The summed E-state index contributed by atoms with van der Waals surface area (Å²) in [7, 11) is 1.63. The molecule has 1 N–H and O–H groups in total. The van der Waals surface area contributed by atoms with E-state index in [1.54, 1.807) is 7.11 Å². The fourth-order valence-corrected chi connectivity index (χ4v) is 2.15. The molecule has 3 nitrogen and oxygen atoms in total. The van der Waals surface area contributed by atoms with E-state index in [9.17, 15) is 5.11 Å². The molecule has 14 heavy (non-hydrogen) atoms. The molecule has 0 aromatic rings. The van der Waals surface area contributed by atoms with Crippen LogP contribution < -0.4 is 0 Å². The molecule has 1 aliphatic heterocycles. The first-order chi connectivity index (χ1) is 6.61. The summed E-state index contributed by atoms with van der Waals surface area (Å²) in [4.78, 5) is 0. The third-order valence-corrected chi connectivity index (χ3v) is 3.62. The van der Waals surface area contributed by atoms with Crippen molar-refractivity contribution in [2.24, 2.45) is 5.92 Å². The van der Waals surface area contributed by atoms with E-state index < -0.39 is 6.10 Å². The highest BCUT2D eigenvalue weighted by atomic mass is 127. The van der Waals surface area contributed by atoms with E-state index in [-0.39, 0.29) is 18.1 Å². The average molecular weight is 312 g/mol. The Morgan fingerprint density at radius 2 is 2.29 bits per heavy atom. The van der Waals surface area contributed by atoms with Gasteiger partial charge in [0.1, 0.15) is 12.2 Å². The molecule has 0 spiro atoms. The van der Waals surface area contributed by atoms with Gasteiger partial charge in [-0.3, -0.25) is 0 Å². The normalized spacial score (nSPS) is 39.9.